The number of carbonyl (C=O) groups excluding carboxylic acids is 1. The number of H-pyrrole nitrogens is 1. The minimum Gasteiger partial charge on any atom is -0.480 e. The second-order valence-electron chi connectivity index (χ2n) is 7.29. The third kappa shape index (κ3) is 3.07. The van der Waals surface area contributed by atoms with Crippen molar-refractivity contribution < 1.29 is 14.6 Å². The highest BCUT2D eigenvalue weighted by Gasteiger charge is 2.36. The molecule has 0 saturated carbocycles. The second-order valence-corrected chi connectivity index (χ2v) is 7.29. The van der Waals surface area contributed by atoms with Gasteiger partial charge in [0, 0.05) is 30.4 Å². The Morgan fingerprint density at radius 2 is 2.23 bits per heavy atom. The van der Waals surface area contributed by atoms with Crippen LogP contribution in [0.3, 0.4) is 0 Å². The fourth-order valence-corrected chi connectivity index (χ4v) is 4.00. The highest BCUT2D eigenvalue weighted by Crippen LogP contribution is 2.29. The number of likely N-dealkylation sites (tertiary alicyclic amines) is 1. The molecular formula is C19H24N4O3. The van der Waals surface area contributed by atoms with Crippen LogP contribution < -0.4 is 4.74 Å². The number of β-amino-alcohol motifs (C(OH)–C–C–N with tert-alkyl or cyclic N) is 1. The van der Waals surface area contributed by atoms with Gasteiger partial charge in [-0.25, -0.2) is 4.98 Å². The van der Waals surface area contributed by atoms with Crippen LogP contribution in [-0.4, -0.2) is 57.4 Å². The number of hydrogen-bond acceptors (Lipinski definition) is 5. The molecule has 0 radical (unpaired) electrons. The number of nitrogens with one attached hydrogen (secondary N) is 1. The molecule has 138 valence electrons. The van der Waals surface area contributed by atoms with Crippen LogP contribution in [0.5, 0.6) is 5.88 Å². The highest BCUT2D eigenvalue weighted by molar-refractivity contribution is 5.97. The number of fused-ring (bicyclic) bond motifs is 1. The van der Waals surface area contributed by atoms with Gasteiger partial charge in [-0.1, -0.05) is 0 Å². The molecule has 1 amide bonds. The molecular weight excluding hydrogens is 332 g/mol. The number of aryl methyl sites for hydroxylation is 3. The zero-order valence-corrected chi connectivity index (χ0v) is 15.2. The first-order chi connectivity index (χ1) is 12.5. The molecule has 1 aliphatic carbocycles. The van der Waals surface area contributed by atoms with Gasteiger partial charge in [0.25, 0.3) is 5.91 Å². The summed E-state index contributed by atoms with van der Waals surface area (Å²) >= 11 is 0. The molecule has 2 N–H and O–H groups in total. The molecule has 2 aromatic heterocycles. The van der Waals surface area contributed by atoms with Gasteiger partial charge in [-0.3, -0.25) is 9.89 Å². The number of aliphatic hydroxyl groups is 1. The van der Waals surface area contributed by atoms with E-state index in [1.165, 1.54) is 0 Å². The van der Waals surface area contributed by atoms with E-state index < -0.39 is 6.10 Å². The molecule has 4 rings (SSSR count). The van der Waals surface area contributed by atoms with Gasteiger partial charge < -0.3 is 14.7 Å². The number of nitrogens with zero attached hydrogens (tertiary/aromatic N) is 3. The third-order valence-corrected chi connectivity index (χ3v) is 5.36. The van der Waals surface area contributed by atoms with E-state index in [1.54, 1.807) is 12.0 Å². The van der Waals surface area contributed by atoms with Gasteiger partial charge in [-0.05, 0) is 50.3 Å². The molecule has 0 aromatic carbocycles. The summed E-state index contributed by atoms with van der Waals surface area (Å²) in [6.45, 7) is 2.78. The average molecular weight is 356 g/mol. The molecule has 2 atom stereocenters. The van der Waals surface area contributed by atoms with E-state index in [1.807, 2.05) is 19.1 Å². The van der Waals surface area contributed by atoms with E-state index in [-0.39, 0.29) is 11.8 Å². The lowest BCUT2D eigenvalue weighted by molar-refractivity contribution is 0.0760. The molecule has 0 bridgehead atoms. The molecule has 1 fully saturated rings. The number of amides is 1. The molecule has 3 heterocycles. The van der Waals surface area contributed by atoms with E-state index in [4.69, 9.17) is 4.74 Å². The van der Waals surface area contributed by atoms with Crippen molar-refractivity contribution in [3.63, 3.8) is 0 Å². The predicted octanol–water partition coefficient (Wildman–Crippen LogP) is 1.29. The molecule has 2 unspecified atom stereocenters. The number of hydrogen-bond donors (Lipinski definition) is 2. The van der Waals surface area contributed by atoms with Gasteiger partial charge in [0.15, 0.2) is 0 Å². The zero-order valence-electron chi connectivity index (χ0n) is 15.2. The topological polar surface area (TPSA) is 91.3 Å². The van der Waals surface area contributed by atoms with Crippen LogP contribution in [0.4, 0.5) is 0 Å². The molecule has 1 aliphatic heterocycles. The maximum atomic E-state index is 13.0. The standard InChI is InChI=1S/C19H24N4O3/c1-11-6-14(22-21-11)7-13-9-23(10-17(13)24)19(25)15-8-12-4-3-5-16(12)20-18(15)26-2/h6,8,13,17,24H,3-5,7,9-10H2,1-2H3,(H,21,22). The SMILES string of the molecule is COc1nc2c(cc1C(=O)N1CC(O)C(Cc3cc(C)[nH]n3)C1)CCC2. The Kier molecular flexibility index (Phi) is 4.40. The van der Waals surface area contributed by atoms with Crippen molar-refractivity contribution in [2.75, 3.05) is 20.2 Å². The summed E-state index contributed by atoms with van der Waals surface area (Å²) in [7, 11) is 1.54. The molecule has 7 nitrogen and oxygen atoms in total. The number of rotatable bonds is 4. The second kappa shape index (κ2) is 6.72. The minimum atomic E-state index is -0.552. The summed E-state index contributed by atoms with van der Waals surface area (Å²) in [6.07, 6.45) is 3.06. The fourth-order valence-electron chi connectivity index (χ4n) is 4.00. The molecule has 2 aliphatic rings. The van der Waals surface area contributed by atoms with E-state index in [0.717, 1.165) is 41.9 Å². The van der Waals surface area contributed by atoms with Gasteiger partial charge in [-0.15, -0.1) is 0 Å². The summed E-state index contributed by atoms with van der Waals surface area (Å²) in [5, 5.41) is 17.6. The number of aliphatic hydroxyl groups excluding tert-OH is 1. The first-order valence-electron chi connectivity index (χ1n) is 9.10. The smallest absolute Gasteiger partial charge is 0.259 e. The van der Waals surface area contributed by atoms with Gasteiger partial charge >= 0.3 is 0 Å². The maximum Gasteiger partial charge on any atom is 0.259 e. The Morgan fingerprint density at radius 1 is 1.38 bits per heavy atom. The van der Waals surface area contributed by atoms with Gasteiger partial charge in [0.05, 0.1) is 18.9 Å². The molecule has 0 spiro atoms. The lowest BCUT2D eigenvalue weighted by Crippen LogP contribution is -2.30. The fraction of sp³-hybridized carbons (Fsp3) is 0.526. The largest absolute Gasteiger partial charge is 0.480 e. The predicted molar refractivity (Wildman–Crippen MR) is 95.2 cm³/mol. The summed E-state index contributed by atoms with van der Waals surface area (Å²) in [5.74, 6) is 0.246. The van der Waals surface area contributed by atoms with Crippen LogP contribution in [0, 0.1) is 12.8 Å². The number of aromatic amines is 1. The highest BCUT2D eigenvalue weighted by atomic mass is 16.5. The van der Waals surface area contributed by atoms with Crippen LogP contribution in [0.25, 0.3) is 0 Å². The number of carbonyl (C=O) groups is 1. The number of ether oxygens (including phenoxy) is 1. The van der Waals surface area contributed by atoms with Crippen molar-refractivity contribution in [3.05, 3.63) is 40.3 Å². The lowest BCUT2D eigenvalue weighted by atomic mass is 10.0. The van der Waals surface area contributed by atoms with Crippen molar-refractivity contribution >= 4 is 5.91 Å². The van der Waals surface area contributed by atoms with Gasteiger partial charge in [0.2, 0.25) is 5.88 Å². The maximum absolute atomic E-state index is 13.0. The van der Waals surface area contributed by atoms with Crippen LogP contribution >= 0.6 is 0 Å². The minimum absolute atomic E-state index is 0.0185. The Morgan fingerprint density at radius 3 is 2.96 bits per heavy atom. The van der Waals surface area contributed by atoms with Gasteiger partial charge in [-0.2, -0.15) is 5.10 Å². The van der Waals surface area contributed by atoms with E-state index in [2.05, 4.69) is 15.2 Å². The molecule has 2 aromatic rings. The van der Waals surface area contributed by atoms with Crippen LogP contribution in [0.1, 0.15) is 39.4 Å². The van der Waals surface area contributed by atoms with Crippen molar-refractivity contribution in [1.82, 2.24) is 20.1 Å². The van der Waals surface area contributed by atoms with E-state index in [0.29, 0.717) is 31.0 Å². The van der Waals surface area contributed by atoms with Crippen molar-refractivity contribution in [2.45, 2.75) is 38.7 Å². The third-order valence-electron chi connectivity index (χ3n) is 5.36. The zero-order chi connectivity index (χ0) is 18.3. The van der Waals surface area contributed by atoms with Crippen LogP contribution in [0.15, 0.2) is 12.1 Å². The number of pyridine rings is 1. The number of methoxy groups -OCH3 is 1. The quantitative estimate of drug-likeness (QED) is 0.861. The van der Waals surface area contributed by atoms with Gasteiger partial charge in [0.1, 0.15) is 5.56 Å². The molecule has 7 heteroatoms. The van der Waals surface area contributed by atoms with Crippen molar-refractivity contribution in [1.29, 1.82) is 0 Å². The first-order valence-corrected chi connectivity index (χ1v) is 9.10. The monoisotopic (exact) mass is 356 g/mol. The van der Waals surface area contributed by atoms with Crippen molar-refractivity contribution in [3.8, 4) is 5.88 Å². The Hall–Kier alpha value is -2.41. The normalized spacial score (nSPS) is 21.9. The summed E-state index contributed by atoms with van der Waals surface area (Å²) < 4.78 is 5.37. The first kappa shape index (κ1) is 17.0. The van der Waals surface area contributed by atoms with E-state index in [9.17, 15) is 9.90 Å². The summed E-state index contributed by atoms with van der Waals surface area (Å²) in [4.78, 5) is 19.3. The van der Waals surface area contributed by atoms with E-state index >= 15 is 0 Å². The average Bonchev–Trinajstić information content (AvgIpc) is 3.34. The molecule has 26 heavy (non-hydrogen) atoms. The van der Waals surface area contributed by atoms with Crippen LogP contribution in [0.2, 0.25) is 0 Å². The Labute approximate surface area is 152 Å². The molecule has 1 saturated heterocycles. The summed E-state index contributed by atoms with van der Waals surface area (Å²) in [6, 6.07) is 3.90. The lowest BCUT2D eigenvalue weighted by Gasteiger charge is -2.18. The number of aromatic nitrogens is 3. The summed E-state index contributed by atoms with van der Waals surface area (Å²) in [5.41, 5.74) is 4.58. The van der Waals surface area contributed by atoms with Crippen LogP contribution in [-0.2, 0) is 19.3 Å². The Balaban J connectivity index is 1.52. The Bertz CT molecular complexity index is 832. The van der Waals surface area contributed by atoms with Crippen molar-refractivity contribution in [2.24, 2.45) is 5.92 Å².